The van der Waals surface area contributed by atoms with Crippen LogP contribution in [0, 0.1) is 0 Å². The van der Waals surface area contributed by atoms with Gasteiger partial charge in [0, 0.05) is 49.7 Å². The summed E-state index contributed by atoms with van der Waals surface area (Å²) in [6.07, 6.45) is 5.24. The Morgan fingerprint density at radius 3 is 2.04 bits per heavy atom. The largest absolute Gasteiger partial charge is 0.455 e. The number of benzene rings is 7. The Bertz CT molecular complexity index is 3060. The van der Waals surface area contributed by atoms with Crippen LogP contribution in [0.4, 0.5) is 0 Å². The highest BCUT2D eigenvalue weighted by atomic mass is 16.3. The number of hydrogen-bond donors (Lipinski definition) is 0. The maximum atomic E-state index is 6.76. The van der Waals surface area contributed by atoms with E-state index in [2.05, 4.69) is 127 Å². The number of aromatic nitrogens is 3. The fourth-order valence-electron chi connectivity index (χ4n) is 7.92. The van der Waals surface area contributed by atoms with Crippen LogP contribution in [0.5, 0.6) is 0 Å². The van der Waals surface area contributed by atoms with Crippen molar-refractivity contribution in [3.63, 3.8) is 0 Å². The Kier molecular flexibility index (Phi) is 6.31. The van der Waals surface area contributed by atoms with E-state index in [9.17, 15) is 0 Å². The molecular formula is C47H29N3O2. The molecule has 244 valence electrons. The van der Waals surface area contributed by atoms with E-state index in [-0.39, 0.29) is 5.92 Å². The maximum Gasteiger partial charge on any atom is 0.164 e. The molecule has 1 atom stereocenters. The van der Waals surface area contributed by atoms with Gasteiger partial charge in [-0.2, -0.15) is 0 Å². The van der Waals surface area contributed by atoms with Gasteiger partial charge in [-0.3, -0.25) is 0 Å². The lowest BCUT2D eigenvalue weighted by Crippen LogP contribution is -2.12. The molecule has 0 saturated carbocycles. The van der Waals surface area contributed by atoms with Gasteiger partial charge < -0.3 is 8.83 Å². The quantitative estimate of drug-likeness (QED) is 0.187. The second-order valence-electron chi connectivity index (χ2n) is 13.5. The number of rotatable bonds is 4. The van der Waals surface area contributed by atoms with Gasteiger partial charge >= 0.3 is 0 Å². The first-order valence-corrected chi connectivity index (χ1v) is 17.6. The SMILES string of the molecule is C1=CC(c2nc(-c3ccccc3)nc(-c3cccc4oc5c(-c6cccc7c6oc6cc8ccccc8cc67)cccc5c34)n2)Cc2ccccc21. The van der Waals surface area contributed by atoms with Crippen molar-refractivity contribution >= 4 is 60.7 Å². The summed E-state index contributed by atoms with van der Waals surface area (Å²) >= 11 is 0. The van der Waals surface area contributed by atoms with Crippen LogP contribution in [-0.4, -0.2) is 15.0 Å². The van der Waals surface area contributed by atoms with Crippen LogP contribution >= 0.6 is 0 Å². The smallest absolute Gasteiger partial charge is 0.164 e. The Labute approximate surface area is 298 Å². The van der Waals surface area contributed by atoms with Gasteiger partial charge in [0.05, 0.1) is 0 Å². The van der Waals surface area contributed by atoms with Crippen LogP contribution in [0.25, 0.3) is 94.6 Å². The molecule has 10 aromatic rings. The minimum absolute atomic E-state index is 0.0212. The fourth-order valence-corrected chi connectivity index (χ4v) is 7.92. The van der Waals surface area contributed by atoms with Crippen molar-refractivity contribution in [2.45, 2.75) is 12.3 Å². The molecule has 0 saturated heterocycles. The topological polar surface area (TPSA) is 65.0 Å². The van der Waals surface area contributed by atoms with E-state index < -0.39 is 0 Å². The van der Waals surface area contributed by atoms with Crippen LogP contribution < -0.4 is 0 Å². The van der Waals surface area contributed by atoms with E-state index in [0.29, 0.717) is 11.6 Å². The summed E-state index contributed by atoms with van der Waals surface area (Å²) in [7, 11) is 0. The van der Waals surface area contributed by atoms with Gasteiger partial charge in [0.25, 0.3) is 0 Å². The molecule has 5 heteroatoms. The van der Waals surface area contributed by atoms with Crippen LogP contribution in [-0.2, 0) is 6.42 Å². The number of nitrogens with zero attached hydrogens (tertiary/aromatic N) is 3. The van der Waals surface area contributed by atoms with Crippen molar-refractivity contribution in [3.8, 4) is 33.9 Å². The third kappa shape index (κ3) is 4.53. The average molecular weight is 668 g/mol. The van der Waals surface area contributed by atoms with Crippen molar-refractivity contribution in [2.75, 3.05) is 0 Å². The summed E-state index contributed by atoms with van der Waals surface area (Å²) in [5.41, 5.74) is 9.64. The number of hydrogen-bond acceptors (Lipinski definition) is 5. The zero-order chi connectivity index (χ0) is 34.2. The molecule has 1 aliphatic rings. The van der Waals surface area contributed by atoms with Gasteiger partial charge in [-0.1, -0.05) is 140 Å². The van der Waals surface area contributed by atoms with Crippen molar-refractivity contribution in [1.82, 2.24) is 15.0 Å². The molecule has 1 aliphatic carbocycles. The molecule has 0 bridgehead atoms. The molecular weight excluding hydrogens is 639 g/mol. The number of furan rings is 2. The van der Waals surface area contributed by atoms with Crippen LogP contribution in [0.2, 0.25) is 0 Å². The van der Waals surface area contributed by atoms with E-state index in [0.717, 1.165) is 83.8 Å². The molecule has 0 spiro atoms. The van der Waals surface area contributed by atoms with Crippen molar-refractivity contribution in [1.29, 1.82) is 0 Å². The second kappa shape index (κ2) is 11.3. The number of fused-ring (bicyclic) bond motifs is 8. The first-order chi connectivity index (χ1) is 25.7. The van der Waals surface area contributed by atoms with E-state index in [1.807, 2.05) is 30.3 Å². The molecule has 1 unspecified atom stereocenters. The minimum Gasteiger partial charge on any atom is -0.455 e. The lowest BCUT2D eigenvalue weighted by molar-refractivity contribution is 0.665. The summed E-state index contributed by atoms with van der Waals surface area (Å²) < 4.78 is 13.4. The van der Waals surface area contributed by atoms with E-state index in [4.69, 9.17) is 23.8 Å². The van der Waals surface area contributed by atoms with Crippen molar-refractivity contribution < 1.29 is 8.83 Å². The zero-order valence-electron chi connectivity index (χ0n) is 28.0. The van der Waals surface area contributed by atoms with Gasteiger partial charge in [0.15, 0.2) is 11.6 Å². The molecule has 7 aromatic carbocycles. The predicted molar refractivity (Wildman–Crippen MR) is 210 cm³/mol. The van der Waals surface area contributed by atoms with Gasteiger partial charge in [0.2, 0.25) is 0 Å². The lowest BCUT2D eigenvalue weighted by atomic mass is 9.89. The molecule has 5 nitrogen and oxygen atoms in total. The summed E-state index contributed by atoms with van der Waals surface area (Å²) in [5, 5.41) is 6.50. The average Bonchev–Trinajstić information content (AvgIpc) is 3.78. The summed E-state index contributed by atoms with van der Waals surface area (Å²) in [6, 6.07) is 50.3. The maximum absolute atomic E-state index is 6.76. The highest BCUT2D eigenvalue weighted by molar-refractivity contribution is 6.18. The molecule has 3 aromatic heterocycles. The summed E-state index contributed by atoms with van der Waals surface area (Å²) in [6.45, 7) is 0. The van der Waals surface area contributed by atoms with E-state index in [1.54, 1.807) is 0 Å². The van der Waals surface area contributed by atoms with Crippen molar-refractivity contribution in [3.05, 3.63) is 169 Å². The first kappa shape index (κ1) is 28.9. The normalized spacial score (nSPS) is 14.2. The number of allylic oxidation sites excluding steroid dienone is 1. The molecule has 3 heterocycles. The molecule has 0 radical (unpaired) electrons. The Morgan fingerprint density at radius 1 is 0.500 bits per heavy atom. The second-order valence-corrected chi connectivity index (χ2v) is 13.5. The standard InChI is InChI=1S/C47H29N3O2/c1-2-12-29(13-3-1)45-48-46(33-24-23-28-11-4-5-14-30(28)25-33)50-47(49-45)38-21-10-22-40-42(38)37-20-9-18-35(44(37)51-40)34-17-8-19-36-39-26-31-15-6-7-16-32(31)27-41(39)52-43(34)36/h1-24,26-27,33H,25H2. The van der Waals surface area contributed by atoms with Gasteiger partial charge in [-0.05, 0) is 46.5 Å². The summed E-state index contributed by atoms with van der Waals surface area (Å²) in [4.78, 5) is 15.4. The fraction of sp³-hybridized carbons (Fsp3) is 0.0426. The highest BCUT2D eigenvalue weighted by Crippen LogP contribution is 2.44. The zero-order valence-corrected chi connectivity index (χ0v) is 28.0. The number of para-hydroxylation sites is 2. The Morgan fingerprint density at radius 2 is 1.17 bits per heavy atom. The monoisotopic (exact) mass is 667 g/mol. The third-order valence-corrected chi connectivity index (χ3v) is 10.4. The highest BCUT2D eigenvalue weighted by Gasteiger charge is 2.24. The van der Waals surface area contributed by atoms with Crippen molar-refractivity contribution in [2.24, 2.45) is 0 Å². The molecule has 0 aliphatic heterocycles. The molecule has 11 rings (SSSR count). The lowest BCUT2D eigenvalue weighted by Gasteiger charge is -2.19. The van der Waals surface area contributed by atoms with Gasteiger partial charge in [-0.25, -0.2) is 15.0 Å². The predicted octanol–water partition coefficient (Wildman–Crippen LogP) is 12.2. The van der Waals surface area contributed by atoms with E-state index in [1.165, 1.54) is 16.5 Å². The van der Waals surface area contributed by atoms with Crippen LogP contribution in [0.3, 0.4) is 0 Å². The molecule has 0 amide bonds. The minimum atomic E-state index is 0.0212. The molecule has 0 fully saturated rings. The Hall–Kier alpha value is -6.85. The van der Waals surface area contributed by atoms with E-state index >= 15 is 0 Å². The Balaban J connectivity index is 1.10. The van der Waals surface area contributed by atoms with Gasteiger partial charge in [-0.15, -0.1) is 0 Å². The molecule has 0 N–H and O–H groups in total. The third-order valence-electron chi connectivity index (χ3n) is 10.4. The van der Waals surface area contributed by atoms with Gasteiger partial charge in [0.1, 0.15) is 28.2 Å². The molecule has 52 heavy (non-hydrogen) atoms. The summed E-state index contributed by atoms with van der Waals surface area (Å²) in [5.74, 6) is 2.06. The first-order valence-electron chi connectivity index (χ1n) is 17.6. The van der Waals surface area contributed by atoms with Crippen LogP contribution in [0.1, 0.15) is 22.9 Å². The van der Waals surface area contributed by atoms with Crippen LogP contribution in [0.15, 0.2) is 161 Å².